The van der Waals surface area contributed by atoms with E-state index in [9.17, 15) is 5.11 Å². The molecule has 2 aromatic rings. The molecular weight excluding hydrogens is 244 g/mol. The lowest BCUT2D eigenvalue weighted by molar-refractivity contribution is 0.0853. The second-order valence-corrected chi connectivity index (χ2v) is 5.68. The van der Waals surface area contributed by atoms with Crippen LogP contribution >= 0.6 is 0 Å². The molecule has 1 atom stereocenters. The van der Waals surface area contributed by atoms with Gasteiger partial charge in [0.1, 0.15) is 5.60 Å². The van der Waals surface area contributed by atoms with E-state index in [2.05, 4.69) is 30.9 Å². The van der Waals surface area contributed by atoms with Gasteiger partial charge in [0.2, 0.25) is 0 Å². The van der Waals surface area contributed by atoms with Crippen molar-refractivity contribution in [2.75, 3.05) is 0 Å². The average molecular weight is 260 g/mol. The van der Waals surface area contributed by atoms with Crippen molar-refractivity contribution < 1.29 is 5.11 Å². The Bertz CT molecular complexity index is 844. The lowest BCUT2D eigenvalue weighted by atomic mass is 9.88. The maximum atomic E-state index is 11.2. The van der Waals surface area contributed by atoms with Crippen LogP contribution in [0.2, 0.25) is 0 Å². The lowest BCUT2D eigenvalue weighted by Gasteiger charge is -2.24. The molecule has 0 aromatic heterocycles. The first-order chi connectivity index (χ1) is 9.68. The molecule has 0 amide bonds. The molecule has 1 N–H and O–H groups in total. The molecular formula is C19H16O. The van der Waals surface area contributed by atoms with Gasteiger partial charge in [-0.2, -0.15) is 0 Å². The second-order valence-electron chi connectivity index (χ2n) is 5.68. The molecule has 0 bridgehead atoms. The van der Waals surface area contributed by atoms with E-state index in [0.717, 1.165) is 40.0 Å². The summed E-state index contributed by atoms with van der Waals surface area (Å²) in [6.45, 7) is 4.07. The molecule has 2 aliphatic carbocycles. The highest BCUT2D eigenvalue weighted by molar-refractivity contribution is 5.76. The zero-order valence-electron chi connectivity index (χ0n) is 11.3. The minimum absolute atomic E-state index is 0.759. The van der Waals surface area contributed by atoms with E-state index in [1.165, 1.54) is 5.56 Å². The molecule has 0 fully saturated rings. The van der Waals surface area contributed by atoms with Crippen LogP contribution in [0.5, 0.6) is 0 Å². The Balaban J connectivity index is 1.90. The normalized spacial score (nSPS) is 22.9. The van der Waals surface area contributed by atoms with E-state index in [1.807, 2.05) is 30.3 Å². The van der Waals surface area contributed by atoms with E-state index in [-0.39, 0.29) is 0 Å². The highest BCUT2D eigenvalue weighted by atomic mass is 16.3. The number of fused-ring (bicyclic) bond motifs is 2. The maximum Gasteiger partial charge on any atom is 0.115 e. The van der Waals surface area contributed by atoms with Gasteiger partial charge in [0.05, 0.1) is 0 Å². The van der Waals surface area contributed by atoms with Crippen LogP contribution < -0.4 is 10.4 Å². The Morgan fingerprint density at radius 3 is 2.70 bits per heavy atom. The standard InChI is InChI=1S/C19H16O/c1-13-5-4-7-15-11-16(12-17(13)15)19(20)10-9-14-6-2-3-8-18(14)19/h2-8,11-12,20H,1,9-10H2. The summed E-state index contributed by atoms with van der Waals surface area (Å²) in [5, 5.41) is 13.3. The molecule has 2 aromatic carbocycles. The van der Waals surface area contributed by atoms with E-state index < -0.39 is 5.60 Å². The molecule has 0 radical (unpaired) electrons. The third kappa shape index (κ3) is 1.47. The van der Waals surface area contributed by atoms with Crippen molar-refractivity contribution >= 4 is 18.7 Å². The fraction of sp³-hybridized carbons (Fsp3) is 0.158. The van der Waals surface area contributed by atoms with Gasteiger partial charge < -0.3 is 5.11 Å². The number of benzene rings is 2. The van der Waals surface area contributed by atoms with Gasteiger partial charge in [-0.15, -0.1) is 0 Å². The van der Waals surface area contributed by atoms with Crippen LogP contribution in [0.4, 0.5) is 0 Å². The predicted octanol–water partition coefficient (Wildman–Crippen LogP) is 2.11. The van der Waals surface area contributed by atoms with Gasteiger partial charge >= 0.3 is 0 Å². The summed E-state index contributed by atoms with van der Waals surface area (Å²) in [6.07, 6.45) is 5.90. The van der Waals surface area contributed by atoms with Crippen LogP contribution in [0.3, 0.4) is 0 Å². The molecule has 2 aliphatic rings. The monoisotopic (exact) mass is 260 g/mol. The van der Waals surface area contributed by atoms with E-state index >= 15 is 0 Å². The number of aryl methyl sites for hydroxylation is 1. The fourth-order valence-electron chi connectivity index (χ4n) is 3.43. The third-order valence-corrected chi connectivity index (χ3v) is 4.54. The van der Waals surface area contributed by atoms with Crippen molar-refractivity contribution in [3.8, 4) is 0 Å². The molecule has 0 aliphatic heterocycles. The van der Waals surface area contributed by atoms with Crippen molar-refractivity contribution in [2.24, 2.45) is 0 Å². The van der Waals surface area contributed by atoms with Crippen molar-refractivity contribution in [3.05, 3.63) is 75.2 Å². The first kappa shape index (κ1) is 11.7. The Morgan fingerprint density at radius 1 is 1.00 bits per heavy atom. The highest BCUT2D eigenvalue weighted by Gasteiger charge is 2.39. The third-order valence-electron chi connectivity index (χ3n) is 4.54. The summed E-state index contributed by atoms with van der Waals surface area (Å²) in [6, 6.07) is 14.3. The Morgan fingerprint density at radius 2 is 1.85 bits per heavy atom. The number of hydrogen-bond acceptors (Lipinski definition) is 1. The molecule has 98 valence electrons. The van der Waals surface area contributed by atoms with Gasteiger partial charge in [-0.05, 0) is 57.7 Å². The minimum atomic E-state index is -0.845. The van der Waals surface area contributed by atoms with Crippen LogP contribution in [-0.2, 0) is 12.0 Å². The largest absolute Gasteiger partial charge is 0.380 e. The number of hydrogen-bond donors (Lipinski definition) is 1. The van der Waals surface area contributed by atoms with Crippen LogP contribution in [0.25, 0.3) is 18.7 Å². The van der Waals surface area contributed by atoms with Gasteiger partial charge in [0.25, 0.3) is 0 Å². The first-order valence-corrected chi connectivity index (χ1v) is 7.01. The summed E-state index contributed by atoms with van der Waals surface area (Å²) in [4.78, 5) is 0. The van der Waals surface area contributed by atoms with E-state index in [0.29, 0.717) is 0 Å². The Labute approximate surface area is 118 Å². The summed E-state index contributed by atoms with van der Waals surface area (Å²) in [7, 11) is 0. The maximum absolute atomic E-state index is 11.2. The SMILES string of the molecule is C=c1cccc2c1=CC(C1(O)CCc3ccccc31)=C2. The quantitative estimate of drug-likeness (QED) is 0.832. The van der Waals surface area contributed by atoms with Gasteiger partial charge in [-0.25, -0.2) is 0 Å². The molecule has 1 heteroatoms. The molecule has 0 saturated heterocycles. The molecule has 0 saturated carbocycles. The number of aliphatic hydroxyl groups is 1. The Hall–Kier alpha value is -2.12. The predicted molar refractivity (Wildman–Crippen MR) is 82.3 cm³/mol. The Kier molecular flexibility index (Phi) is 2.30. The molecule has 4 rings (SSSR count). The summed E-state index contributed by atoms with van der Waals surface area (Å²) in [5.41, 5.74) is 3.62. The van der Waals surface area contributed by atoms with Gasteiger partial charge in [0.15, 0.2) is 0 Å². The number of rotatable bonds is 1. The average Bonchev–Trinajstić information content (AvgIpc) is 3.04. The molecule has 1 unspecified atom stereocenters. The van der Waals surface area contributed by atoms with Gasteiger partial charge in [-0.3, -0.25) is 0 Å². The van der Waals surface area contributed by atoms with Crippen molar-refractivity contribution in [1.29, 1.82) is 0 Å². The smallest absolute Gasteiger partial charge is 0.115 e. The summed E-state index contributed by atoms with van der Waals surface area (Å²) >= 11 is 0. The zero-order valence-corrected chi connectivity index (χ0v) is 11.3. The van der Waals surface area contributed by atoms with Crippen LogP contribution in [0.1, 0.15) is 23.1 Å². The minimum Gasteiger partial charge on any atom is -0.380 e. The van der Waals surface area contributed by atoms with Crippen molar-refractivity contribution in [3.63, 3.8) is 0 Å². The molecule has 0 spiro atoms. The van der Waals surface area contributed by atoms with Gasteiger partial charge in [-0.1, -0.05) is 49.0 Å². The highest BCUT2D eigenvalue weighted by Crippen LogP contribution is 2.43. The summed E-state index contributed by atoms with van der Waals surface area (Å²) in [5.74, 6) is 0. The first-order valence-electron chi connectivity index (χ1n) is 7.01. The lowest BCUT2D eigenvalue weighted by Crippen LogP contribution is -2.26. The molecule has 20 heavy (non-hydrogen) atoms. The van der Waals surface area contributed by atoms with E-state index in [1.54, 1.807) is 0 Å². The van der Waals surface area contributed by atoms with Crippen molar-refractivity contribution in [2.45, 2.75) is 18.4 Å². The topological polar surface area (TPSA) is 20.2 Å². The van der Waals surface area contributed by atoms with Crippen LogP contribution in [-0.4, -0.2) is 5.11 Å². The fourth-order valence-corrected chi connectivity index (χ4v) is 3.43. The van der Waals surface area contributed by atoms with Crippen LogP contribution in [0, 0.1) is 0 Å². The molecule has 1 nitrogen and oxygen atoms in total. The van der Waals surface area contributed by atoms with E-state index in [4.69, 9.17) is 0 Å². The molecule has 0 heterocycles. The van der Waals surface area contributed by atoms with Crippen molar-refractivity contribution in [1.82, 2.24) is 0 Å². The summed E-state index contributed by atoms with van der Waals surface area (Å²) < 4.78 is 0. The zero-order chi connectivity index (χ0) is 13.7. The van der Waals surface area contributed by atoms with Gasteiger partial charge in [0, 0.05) is 0 Å². The second kappa shape index (κ2) is 3.94. The van der Waals surface area contributed by atoms with Crippen LogP contribution in [0.15, 0.2) is 48.0 Å².